The first kappa shape index (κ1) is 15.0. The number of carbonyl (C=O) groups excluding carboxylic acids is 1. The van der Waals surface area contributed by atoms with Gasteiger partial charge in [0.25, 0.3) is 0 Å². The molecule has 104 valence electrons. The number of hydrogen-bond donors (Lipinski definition) is 2. The molecule has 2 N–H and O–H groups in total. The van der Waals surface area contributed by atoms with E-state index < -0.39 is 11.4 Å². The lowest BCUT2D eigenvalue weighted by Crippen LogP contribution is -2.36. The van der Waals surface area contributed by atoms with Gasteiger partial charge in [0.1, 0.15) is 0 Å². The molecular formula is C13H23NO4. The number of aliphatic carboxylic acids is 1. The maximum Gasteiger partial charge on any atom is 0.309 e. The Morgan fingerprint density at radius 1 is 1.39 bits per heavy atom. The maximum absolute atomic E-state index is 11.7. The number of carboxylic acids is 1. The highest BCUT2D eigenvalue weighted by atomic mass is 16.5. The summed E-state index contributed by atoms with van der Waals surface area (Å²) in [5.74, 6) is -1.13. The standard InChI is InChI=1S/C13H23NO4/c1-12(2,11(16)17)8-10(15)14-9-13(4-5-13)6-7-18-3/h4-9H2,1-3H3,(H,14,15)(H,16,17). The lowest BCUT2D eigenvalue weighted by Gasteiger charge is -2.20. The number of nitrogens with one attached hydrogen (secondary N) is 1. The normalized spacial score (nSPS) is 17.3. The molecule has 0 spiro atoms. The quantitative estimate of drug-likeness (QED) is 0.689. The van der Waals surface area contributed by atoms with Gasteiger partial charge in [-0.1, -0.05) is 0 Å². The summed E-state index contributed by atoms with van der Waals surface area (Å²) in [6.07, 6.45) is 3.19. The topological polar surface area (TPSA) is 75.6 Å². The molecule has 18 heavy (non-hydrogen) atoms. The molecule has 5 nitrogen and oxygen atoms in total. The van der Waals surface area contributed by atoms with Crippen LogP contribution in [0.3, 0.4) is 0 Å². The molecule has 1 amide bonds. The number of amides is 1. The van der Waals surface area contributed by atoms with E-state index in [0.29, 0.717) is 13.2 Å². The molecule has 0 atom stereocenters. The molecule has 0 bridgehead atoms. The van der Waals surface area contributed by atoms with Crippen molar-refractivity contribution in [1.29, 1.82) is 0 Å². The zero-order valence-electron chi connectivity index (χ0n) is 11.4. The minimum absolute atomic E-state index is 0.0166. The molecule has 0 aromatic rings. The third kappa shape index (κ3) is 4.29. The molecule has 0 aromatic heterocycles. The second-order valence-corrected chi connectivity index (χ2v) is 5.89. The van der Waals surface area contributed by atoms with Crippen molar-refractivity contribution in [1.82, 2.24) is 5.32 Å². The molecule has 0 heterocycles. The van der Waals surface area contributed by atoms with Crippen LogP contribution in [0.5, 0.6) is 0 Å². The average Bonchev–Trinajstić information content (AvgIpc) is 3.04. The number of carboxylic acid groups (broad SMARTS) is 1. The van der Waals surface area contributed by atoms with Gasteiger partial charge in [0.05, 0.1) is 5.41 Å². The van der Waals surface area contributed by atoms with Gasteiger partial charge in [0.2, 0.25) is 5.91 Å². The van der Waals surface area contributed by atoms with Gasteiger partial charge in [0.15, 0.2) is 0 Å². The van der Waals surface area contributed by atoms with Crippen molar-refractivity contribution in [2.45, 2.75) is 39.5 Å². The summed E-state index contributed by atoms with van der Waals surface area (Å²) in [6, 6.07) is 0. The van der Waals surface area contributed by atoms with E-state index in [4.69, 9.17) is 9.84 Å². The Kier molecular flexibility index (Phi) is 4.73. The van der Waals surface area contributed by atoms with Crippen molar-refractivity contribution in [2.75, 3.05) is 20.3 Å². The molecular weight excluding hydrogens is 234 g/mol. The van der Waals surface area contributed by atoms with E-state index in [0.717, 1.165) is 19.3 Å². The minimum Gasteiger partial charge on any atom is -0.481 e. The Hall–Kier alpha value is -1.10. The SMILES string of the molecule is COCCC1(CNC(=O)CC(C)(C)C(=O)O)CC1. The second kappa shape index (κ2) is 5.69. The molecule has 0 radical (unpaired) electrons. The molecule has 0 aromatic carbocycles. The number of hydrogen-bond acceptors (Lipinski definition) is 3. The maximum atomic E-state index is 11.7. The summed E-state index contributed by atoms with van der Waals surface area (Å²) >= 11 is 0. The number of methoxy groups -OCH3 is 1. The van der Waals surface area contributed by atoms with Crippen LogP contribution >= 0.6 is 0 Å². The predicted octanol–water partition coefficient (Wildman–Crippen LogP) is 1.42. The van der Waals surface area contributed by atoms with Gasteiger partial charge in [-0.25, -0.2) is 0 Å². The van der Waals surface area contributed by atoms with Crippen molar-refractivity contribution in [3.8, 4) is 0 Å². The average molecular weight is 257 g/mol. The molecule has 0 saturated heterocycles. The van der Waals surface area contributed by atoms with Gasteiger partial charge in [0, 0.05) is 26.7 Å². The van der Waals surface area contributed by atoms with Crippen LogP contribution in [0.4, 0.5) is 0 Å². The Morgan fingerprint density at radius 2 is 2.00 bits per heavy atom. The monoisotopic (exact) mass is 257 g/mol. The summed E-state index contributed by atoms with van der Waals surface area (Å²) in [6.45, 7) is 4.46. The van der Waals surface area contributed by atoms with Gasteiger partial charge in [-0.05, 0) is 38.5 Å². The zero-order chi connectivity index (χ0) is 13.8. The predicted molar refractivity (Wildman–Crippen MR) is 67.2 cm³/mol. The lowest BCUT2D eigenvalue weighted by atomic mass is 9.89. The van der Waals surface area contributed by atoms with E-state index in [1.165, 1.54) is 0 Å². The number of ether oxygens (including phenoxy) is 1. The van der Waals surface area contributed by atoms with Crippen molar-refractivity contribution < 1.29 is 19.4 Å². The molecule has 0 unspecified atom stereocenters. The van der Waals surface area contributed by atoms with E-state index in [-0.39, 0.29) is 17.7 Å². The molecule has 1 rings (SSSR count). The minimum atomic E-state index is -1.01. The fourth-order valence-corrected chi connectivity index (χ4v) is 1.84. The van der Waals surface area contributed by atoms with Gasteiger partial charge in [-0.2, -0.15) is 0 Å². The van der Waals surface area contributed by atoms with E-state index in [9.17, 15) is 9.59 Å². The third-order valence-electron chi connectivity index (χ3n) is 3.64. The Morgan fingerprint density at radius 3 is 2.44 bits per heavy atom. The highest BCUT2D eigenvalue weighted by Crippen LogP contribution is 2.48. The fraction of sp³-hybridized carbons (Fsp3) is 0.846. The van der Waals surface area contributed by atoms with Crippen molar-refractivity contribution in [3.05, 3.63) is 0 Å². The summed E-state index contributed by atoms with van der Waals surface area (Å²) in [4.78, 5) is 22.6. The van der Waals surface area contributed by atoms with Crippen LogP contribution in [-0.2, 0) is 14.3 Å². The lowest BCUT2D eigenvalue weighted by molar-refractivity contribution is -0.149. The van der Waals surface area contributed by atoms with Gasteiger partial charge in [-0.3, -0.25) is 9.59 Å². The van der Waals surface area contributed by atoms with Crippen molar-refractivity contribution >= 4 is 11.9 Å². The van der Waals surface area contributed by atoms with E-state index in [1.54, 1.807) is 21.0 Å². The molecule has 1 aliphatic carbocycles. The van der Waals surface area contributed by atoms with Crippen LogP contribution in [0.25, 0.3) is 0 Å². The Balaban J connectivity index is 2.31. The summed E-state index contributed by atoms with van der Waals surface area (Å²) in [5.41, 5.74) is -0.813. The van der Waals surface area contributed by atoms with E-state index >= 15 is 0 Å². The van der Waals surface area contributed by atoms with Crippen LogP contribution in [-0.4, -0.2) is 37.2 Å². The largest absolute Gasteiger partial charge is 0.481 e. The molecule has 1 fully saturated rings. The summed E-state index contributed by atoms with van der Waals surface area (Å²) in [5, 5.41) is 11.8. The number of rotatable bonds is 8. The number of carbonyl (C=O) groups is 2. The summed E-state index contributed by atoms with van der Waals surface area (Å²) in [7, 11) is 1.67. The van der Waals surface area contributed by atoms with Gasteiger partial charge < -0.3 is 15.2 Å². The third-order valence-corrected chi connectivity index (χ3v) is 3.64. The smallest absolute Gasteiger partial charge is 0.309 e. The molecule has 1 saturated carbocycles. The van der Waals surface area contributed by atoms with Crippen LogP contribution in [0.2, 0.25) is 0 Å². The highest BCUT2D eigenvalue weighted by Gasteiger charge is 2.42. The van der Waals surface area contributed by atoms with Crippen LogP contribution in [0.15, 0.2) is 0 Å². The van der Waals surface area contributed by atoms with Gasteiger partial charge >= 0.3 is 5.97 Å². The fourth-order valence-electron chi connectivity index (χ4n) is 1.84. The zero-order valence-corrected chi connectivity index (χ0v) is 11.4. The van der Waals surface area contributed by atoms with Crippen LogP contribution in [0, 0.1) is 10.8 Å². The first-order chi connectivity index (χ1) is 8.31. The summed E-state index contributed by atoms with van der Waals surface area (Å²) < 4.78 is 5.05. The van der Waals surface area contributed by atoms with Crippen LogP contribution in [0.1, 0.15) is 39.5 Å². The highest BCUT2D eigenvalue weighted by molar-refractivity contribution is 5.84. The Bertz CT molecular complexity index is 321. The molecule has 1 aliphatic rings. The second-order valence-electron chi connectivity index (χ2n) is 5.89. The van der Waals surface area contributed by atoms with E-state index in [1.807, 2.05) is 0 Å². The van der Waals surface area contributed by atoms with Crippen molar-refractivity contribution in [2.24, 2.45) is 10.8 Å². The first-order valence-electron chi connectivity index (χ1n) is 6.30. The Labute approximate surface area is 108 Å². The van der Waals surface area contributed by atoms with E-state index in [2.05, 4.69) is 5.32 Å². The molecule has 0 aliphatic heterocycles. The van der Waals surface area contributed by atoms with Crippen LogP contribution < -0.4 is 5.32 Å². The van der Waals surface area contributed by atoms with Crippen molar-refractivity contribution in [3.63, 3.8) is 0 Å². The first-order valence-corrected chi connectivity index (χ1v) is 6.30. The van der Waals surface area contributed by atoms with Gasteiger partial charge in [-0.15, -0.1) is 0 Å². The molecule has 5 heteroatoms.